The second-order valence-corrected chi connectivity index (χ2v) is 9.34. The lowest BCUT2D eigenvalue weighted by atomic mass is 9.75. The van der Waals surface area contributed by atoms with E-state index < -0.39 is 0 Å². The summed E-state index contributed by atoms with van der Waals surface area (Å²) in [6, 6.07) is 12.7. The molecule has 0 spiro atoms. The van der Waals surface area contributed by atoms with E-state index in [1.807, 2.05) is 44.2 Å². The summed E-state index contributed by atoms with van der Waals surface area (Å²) in [6.07, 6.45) is 1.75. The molecule has 2 aromatic carbocycles. The predicted octanol–water partition coefficient (Wildman–Crippen LogP) is 5.97. The van der Waals surface area contributed by atoms with Gasteiger partial charge in [0.05, 0.1) is 0 Å². The van der Waals surface area contributed by atoms with Crippen LogP contribution in [0.15, 0.2) is 42.5 Å². The van der Waals surface area contributed by atoms with Gasteiger partial charge in [0.2, 0.25) is 0 Å². The number of hydrogen-bond acceptors (Lipinski definition) is 3. The molecule has 1 saturated heterocycles. The Morgan fingerprint density at radius 1 is 1.13 bits per heavy atom. The van der Waals surface area contributed by atoms with Crippen molar-refractivity contribution < 1.29 is 14.0 Å². The molecule has 0 saturated carbocycles. The molecule has 5 heteroatoms. The molecule has 1 fully saturated rings. The molecule has 0 radical (unpaired) electrons. The van der Waals surface area contributed by atoms with Gasteiger partial charge >= 0.3 is 0 Å². The molecule has 3 nitrogen and oxygen atoms in total. The van der Waals surface area contributed by atoms with E-state index in [0.717, 1.165) is 37.1 Å². The van der Waals surface area contributed by atoms with Gasteiger partial charge in [-0.25, -0.2) is 4.39 Å². The van der Waals surface area contributed by atoms with Crippen LogP contribution in [0.3, 0.4) is 0 Å². The van der Waals surface area contributed by atoms with Crippen LogP contribution in [0, 0.1) is 24.6 Å². The van der Waals surface area contributed by atoms with Crippen molar-refractivity contribution in [2.45, 2.75) is 52.5 Å². The summed E-state index contributed by atoms with van der Waals surface area (Å²) in [5.41, 5.74) is 2.77. The monoisotopic (exact) mass is 443 g/mol. The molecule has 166 valence electrons. The third kappa shape index (κ3) is 6.24. The van der Waals surface area contributed by atoms with Crippen molar-refractivity contribution in [1.29, 1.82) is 0 Å². The van der Waals surface area contributed by atoms with Crippen LogP contribution in [0.25, 0.3) is 0 Å². The van der Waals surface area contributed by atoms with Crippen LogP contribution < -0.4 is 0 Å². The molecule has 0 unspecified atom stereocenters. The van der Waals surface area contributed by atoms with Gasteiger partial charge in [-0.2, -0.15) is 0 Å². The third-order valence-electron chi connectivity index (χ3n) is 6.46. The highest BCUT2D eigenvalue weighted by Gasteiger charge is 2.34. The Bertz CT molecular complexity index is 920. The van der Waals surface area contributed by atoms with Crippen molar-refractivity contribution in [2.75, 3.05) is 13.1 Å². The third-order valence-corrected chi connectivity index (χ3v) is 6.71. The van der Waals surface area contributed by atoms with E-state index in [4.69, 9.17) is 11.6 Å². The molecule has 0 amide bonds. The van der Waals surface area contributed by atoms with Crippen LogP contribution in [-0.4, -0.2) is 29.6 Å². The second-order valence-electron chi connectivity index (χ2n) is 8.90. The highest BCUT2D eigenvalue weighted by Crippen LogP contribution is 2.33. The van der Waals surface area contributed by atoms with E-state index in [1.54, 1.807) is 13.0 Å². The molecule has 0 bridgehead atoms. The molecule has 1 heterocycles. The number of carbonyl (C=O) groups excluding carboxylic acids is 2. The summed E-state index contributed by atoms with van der Waals surface area (Å²) in [5.74, 6) is -0.400. The lowest BCUT2D eigenvalue weighted by Gasteiger charge is -2.34. The Balaban J connectivity index is 1.65. The second kappa shape index (κ2) is 10.5. The average molecular weight is 444 g/mol. The van der Waals surface area contributed by atoms with Gasteiger partial charge in [0, 0.05) is 35.4 Å². The zero-order valence-electron chi connectivity index (χ0n) is 18.5. The fraction of sp³-hybridized carbons (Fsp3) is 0.462. The zero-order chi connectivity index (χ0) is 22.5. The minimum absolute atomic E-state index is 0.0338. The van der Waals surface area contributed by atoms with Gasteiger partial charge in [0.15, 0.2) is 0 Å². The molecule has 0 N–H and O–H groups in total. The maximum Gasteiger partial charge on any atom is 0.140 e. The van der Waals surface area contributed by atoms with E-state index in [9.17, 15) is 14.0 Å². The Morgan fingerprint density at radius 3 is 2.39 bits per heavy atom. The van der Waals surface area contributed by atoms with Gasteiger partial charge in [-0.05, 0) is 69.5 Å². The predicted molar refractivity (Wildman–Crippen MR) is 123 cm³/mol. The smallest absolute Gasteiger partial charge is 0.140 e. The Labute approximate surface area is 189 Å². The number of carbonyl (C=O) groups is 2. The van der Waals surface area contributed by atoms with E-state index in [-0.39, 0.29) is 41.6 Å². The summed E-state index contributed by atoms with van der Waals surface area (Å²) in [5, 5.41) is 0.655. The minimum atomic E-state index is -0.329. The molecular weight excluding hydrogens is 413 g/mol. The first-order valence-corrected chi connectivity index (χ1v) is 11.4. The van der Waals surface area contributed by atoms with E-state index >= 15 is 0 Å². The quantitative estimate of drug-likeness (QED) is 0.504. The number of ketones is 2. The van der Waals surface area contributed by atoms with Crippen LogP contribution in [-0.2, 0) is 16.1 Å². The summed E-state index contributed by atoms with van der Waals surface area (Å²) in [6.45, 7) is 7.60. The van der Waals surface area contributed by atoms with Crippen molar-refractivity contribution >= 4 is 23.2 Å². The zero-order valence-corrected chi connectivity index (χ0v) is 19.3. The lowest BCUT2D eigenvalue weighted by molar-refractivity contribution is -0.132. The number of nitrogens with zero attached hydrogens (tertiary/aromatic N) is 1. The van der Waals surface area contributed by atoms with Gasteiger partial charge in [-0.15, -0.1) is 0 Å². The number of benzene rings is 2. The van der Waals surface area contributed by atoms with Gasteiger partial charge in [-0.1, -0.05) is 48.4 Å². The lowest BCUT2D eigenvalue weighted by Crippen LogP contribution is -2.39. The van der Waals surface area contributed by atoms with Crippen LogP contribution in [0.4, 0.5) is 4.39 Å². The molecule has 2 atom stereocenters. The highest BCUT2D eigenvalue weighted by molar-refractivity contribution is 6.30. The number of halogens is 2. The van der Waals surface area contributed by atoms with Crippen LogP contribution in [0.1, 0.15) is 55.7 Å². The maximum atomic E-state index is 14.1. The molecule has 1 aliphatic rings. The van der Waals surface area contributed by atoms with E-state index in [2.05, 4.69) is 4.90 Å². The largest absolute Gasteiger partial charge is 0.300 e. The van der Waals surface area contributed by atoms with Crippen molar-refractivity contribution in [2.24, 2.45) is 11.8 Å². The highest BCUT2D eigenvalue weighted by atomic mass is 35.5. The first-order valence-electron chi connectivity index (χ1n) is 11.0. The number of likely N-dealkylation sites (tertiary alicyclic amines) is 1. The van der Waals surface area contributed by atoms with Crippen LogP contribution >= 0.6 is 11.6 Å². The van der Waals surface area contributed by atoms with Gasteiger partial charge in [-0.3, -0.25) is 9.69 Å². The number of hydrogen-bond donors (Lipinski definition) is 0. The van der Waals surface area contributed by atoms with Crippen molar-refractivity contribution in [3.63, 3.8) is 0 Å². The number of Topliss-reactive ketones (excluding diaryl/α,β-unsaturated/α-hetero) is 2. The fourth-order valence-corrected chi connectivity index (χ4v) is 4.70. The summed E-state index contributed by atoms with van der Waals surface area (Å²) >= 11 is 6.01. The molecule has 1 aliphatic heterocycles. The van der Waals surface area contributed by atoms with Gasteiger partial charge < -0.3 is 4.79 Å². The summed E-state index contributed by atoms with van der Waals surface area (Å²) in [4.78, 5) is 27.6. The molecule has 2 aromatic rings. The van der Waals surface area contributed by atoms with Crippen molar-refractivity contribution in [1.82, 2.24) is 4.90 Å². The average Bonchev–Trinajstić information content (AvgIpc) is 2.74. The standard InChI is InChI=1S/C26H31ClFNO2/c1-17-4-9-25(28)22(14-17)16-29-12-10-21(11-13-29)26(31)24(15-18(2)30)19(3)20-5-7-23(27)8-6-20/h4-9,14,19,21,24H,10-13,15-16H2,1-3H3/t19-,24+/m1/s1. The molecule has 0 aliphatic carbocycles. The maximum absolute atomic E-state index is 14.1. The summed E-state index contributed by atoms with van der Waals surface area (Å²) in [7, 11) is 0. The van der Waals surface area contributed by atoms with Gasteiger partial charge in [0.25, 0.3) is 0 Å². The molecule has 0 aromatic heterocycles. The molecular formula is C26H31ClFNO2. The number of aryl methyl sites for hydroxylation is 1. The fourth-order valence-electron chi connectivity index (χ4n) is 4.58. The molecule has 3 rings (SSSR count). The summed E-state index contributed by atoms with van der Waals surface area (Å²) < 4.78 is 14.1. The number of rotatable bonds is 8. The SMILES string of the molecule is CC(=O)C[C@H](C(=O)C1CCN(Cc2cc(C)ccc2F)CC1)[C@H](C)c1ccc(Cl)cc1. The van der Waals surface area contributed by atoms with Crippen LogP contribution in [0.2, 0.25) is 5.02 Å². The Hall–Kier alpha value is -2.04. The molecule has 31 heavy (non-hydrogen) atoms. The Kier molecular flexibility index (Phi) is 8.01. The first-order chi connectivity index (χ1) is 14.7. The first kappa shape index (κ1) is 23.6. The normalized spacial score (nSPS) is 17.3. The van der Waals surface area contributed by atoms with Crippen molar-refractivity contribution in [3.8, 4) is 0 Å². The minimum Gasteiger partial charge on any atom is -0.300 e. The van der Waals surface area contributed by atoms with E-state index in [1.165, 1.54) is 6.07 Å². The van der Waals surface area contributed by atoms with Gasteiger partial charge in [0.1, 0.15) is 17.4 Å². The number of piperidine rings is 1. The van der Waals surface area contributed by atoms with Crippen LogP contribution in [0.5, 0.6) is 0 Å². The topological polar surface area (TPSA) is 37.4 Å². The van der Waals surface area contributed by atoms with Crippen molar-refractivity contribution in [3.05, 3.63) is 70.0 Å². The Morgan fingerprint density at radius 2 is 1.77 bits per heavy atom. The van der Waals surface area contributed by atoms with E-state index in [0.29, 0.717) is 17.1 Å².